The Balaban J connectivity index is 2.03. The molecule has 84 valence electrons. The number of carbonyl (C=O) groups is 2. The Hall–Kier alpha value is -1.91. The predicted octanol–water partition coefficient (Wildman–Crippen LogP) is 0.982. The van der Waals surface area contributed by atoms with Crippen LogP contribution in [0.15, 0.2) is 24.3 Å². The molecule has 1 aromatic carbocycles. The monoisotopic (exact) mass is 223 g/mol. The van der Waals surface area contributed by atoms with Gasteiger partial charge >= 0.3 is 5.97 Å². The summed E-state index contributed by atoms with van der Waals surface area (Å²) >= 11 is 0. The minimum absolute atomic E-state index is 0.199. The van der Waals surface area contributed by atoms with E-state index in [0.717, 1.165) is 6.07 Å². The number of amides is 1. The Morgan fingerprint density at radius 1 is 1.38 bits per heavy atom. The summed E-state index contributed by atoms with van der Waals surface area (Å²) in [6.07, 6.45) is 0. The summed E-state index contributed by atoms with van der Waals surface area (Å²) in [5, 5.41) is 8.65. The molecular weight excluding hydrogens is 213 g/mol. The van der Waals surface area contributed by atoms with E-state index >= 15 is 0 Å². The molecular formula is C11H10FNO3. The first-order chi connectivity index (χ1) is 7.58. The molecule has 0 unspecified atom stereocenters. The van der Waals surface area contributed by atoms with E-state index in [1.165, 1.54) is 23.1 Å². The Bertz CT molecular complexity index is 441. The number of likely N-dealkylation sites (tertiary alicyclic amines) is 1. The van der Waals surface area contributed by atoms with Crippen molar-refractivity contribution >= 4 is 11.9 Å². The second kappa shape index (κ2) is 3.92. The van der Waals surface area contributed by atoms with E-state index in [0.29, 0.717) is 0 Å². The maximum Gasteiger partial charge on any atom is 0.310 e. The van der Waals surface area contributed by atoms with Crippen LogP contribution in [0.5, 0.6) is 0 Å². The number of benzene rings is 1. The van der Waals surface area contributed by atoms with Gasteiger partial charge in [0.25, 0.3) is 5.91 Å². The van der Waals surface area contributed by atoms with Gasteiger partial charge in [-0.3, -0.25) is 9.59 Å². The number of carboxylic acid groups (broad SMARTS) is 1. The highest BCUT2D eigenvalue weighted by Gasteiger charge is 2.35. The third-order valence-electron chi connectivity index (χ3n) is 2.59. The van der Waals surface area contributed by atoms with E-state index in [4.69, 9.17) is 5.11 Å². The van der Waals surface area contributed by atoms with Crippen molar-refractivity contribution in [2.45, 2.75) is 0 Å². The molecule has 1 aliphatic heterocycles. The zero-order chi connectivity index (χ0) is 11.7. The summed E-state index contributed by atoms with van der Waals surface area (Å²) in [6.45, 7) is 0.398. The van der Waals surface area contributed by atoms with Crippen molar-refractivity contribution in [1.29, 1.82) is 0 Å². The average molecular weight is 223 g/mol. The molecule has 5 heteroatoms. The fraction of sp³-hybridized carbons (Fsp3) is 0.273. The first-order valence-electron chi connectivity index (χ1n) is 4.85. The van der Waals surface area contributed by atoms with Gasteiger partial charge in [0.05, 0.1) is 5.92 Å². The maximum absolute atomic E-state index is 12.9. The van der Waals surface area contributed by atoms with Gasteiger partial charge in [-0.25, -0.2) is 4.39 Å². The smallest absolute Gasteiger partial charge is 0.310 e. The van der Waals surface area contributed by atoms with Gasteiger partial charge in [0, 0.05) is 18.7 Å². The van der Waals surface area contributed by atoms with E-state index in [2.05, 4.69) is 0 Å². The molecule has 4 nitrogen and oxygen atoms in total. The number of carboxylic acids is 1. The summed E-state index contributed by atoms with van der Waals surface area (Å²) in [5.74, 6) is -2.18. The fourth-order valence-electron chi connectivity index (χ4n) is 1.60. The lowest BCUT2D eigenvalue weighted by atomic mass is 9.99. The van der Waals surface area contributed by atoms with Crippen molar-refractivity contribution in [3.8, 4) is 0 Å². The zero-order valence-corrected chi connectivity index (χ0v) is 8.39. The van der Waals surface area contributed by atoms with Crippen LogP contribution in [0.2, 0.25) is 0 Å². The van der Waals surface area contributed by atoms with Crippen molar-refractivity contribution in [3.05, 3.63) is 35.6 Å². The van der Waals surface area contributed by atoms with Gasteiger partial charge in [0.1, 0.15) is 5.82 Å². The zero-order valence-electron chi connectivity index (χ0n) is 8.39. The molecule has 1 fully saturated rings. The molecule has 0 atom stereocenters. The molecule has 0 radical (unpaired) electrons. The molecule has 0 saturated carbocycles. The highest BCUT2D eigenvalue weighted by atomic mass is 19.1. The second-order valence-electron chi connectivity index (χ2n) is 3.76. The van der Waals surface area contributed by atoms with Crippen molar-refractivity contribution in [3.63, 3.8) is 0 Å². The molecule has 0 spiro atoms. The maximum atomic E-state index is 12.9. The summed E-state index contributed by atoms with van der Waals surface area (Å²) in [5.41, 5.74) is 0.254. The lowest BCUT2D eigenvalue weighted by molar-refractivity contribution is -0.146. The van der Waals surface area contributed by atoms with Gasteiger partial charge < -0.3 is 10.0 Å². The van der Waals surface area contributed by atoms with Gasteiger partial charge in [-0.1, -0.05) is 6.07 Å². The Morgan fingerprint density at radius 3 is 2.62 bits per heavy atom. The quantitative estimate of drug-likeness (QED) is 0.813. The van der Waals surface area contributed by atoms with Gasteiger partial charge in [0.2, 0.25) is 0 Å². The summed E-state index contributed by atoms with van der Waals surface area (Å²) in [7, 11) is 0. The Morgan fingerprint density at radius 2 is 2.06 bits per heavy atom. The number of rotatable bonds is 2. The molecule has 0 aliphatic carbocycles. The van der Waals surface area contributed by atoms with E-state index in [9.17, 15) is 14.0 Å². The van der Waals surface area contributed by atoms with Crippen LogP contribution in [0.25, 0.3) is 0 Å². The van der Waals surface area contributed by atoms with Crippen LogP contribution in [-0.2, 0) is 4.79 Å². The molecule has 1 heterocycles. The molecule has 16 heavy (non-hydrogen) atoms. The van der Waals surface area contributed by atoms with Crippen molar-refractivity contribution < 1.29 is 19.1 Å². The van der Waals surface area contributed by atoms with Gasteiger partial charge in [-0.2, -0.15) is 0 Å². The minimum atomic E-state index is -0.900. The van der Waals surface area contributed by atoms with Crippen LogP contribution in [0.4, 0.5) is 4.39 Å². The number of hydrogen-bond acceptors (Lipinski definition) is 2. The normalized spacial score (nSPS) is 15.7. The first kappa shape index (κ1) is 10.6. The number of aliphatic carboxylic acids is 1. The van der Waals surface area contributed by atoms with Crippen molar-refractivity contribution in [2.24, 2.45) is 5.92 Å². The lowest BCUT2D eigenvalue weighted by Gasteiger charge is -2.36. The number of halogens is 1. The third kappa shape index (κ3) is 1.88. The Labute approximate surface area is 91.3 Å². The highest BCUT2D eigenvalue weighted by Crippen LogP contribution is 2.19. The minimum Gasteiger partial charge on any atom is -0.481 e. The second-order valence-corrected chi connectivity index (χ2v) is 3.76. The van der Waals surface area contributed by atoms with Gasteiger partial charge in [0.15, 0.2) is 0 Å². The van der Waals surface area contributed by atoms with Crippen LogP contribution in [0, 0.1) is 11.7 Å². The van der Waals surface area contributed by atoms with Gasteiger partial charge in [-0.15, -0.1) is 0 Å². The van der Waals surface area contributed by atoms with Crippen molar-refractivity contribution in [2.75, 3.05) is 13.1 Å². The molecule has 1 amide bonds. The van der Waals surface area contributed by atoms with Crippen LogP contribution >= 0.6 is 0 Å². The molecule has 0 aromatic heterocycles. The predicted molar refractivity (Wildman–Crippen MR) is 53.4 cm³/mol. The standard InChI is InChI=1S/C11H10FNO3/c12-9-3-1-2-7(4-9)10(14)13-5-8(6-13)11(15)16/h1-4,8H,5-6H2,(H,15,16). The van der Waals surface area contributed by atoms with Crippen LogP contribution in [-0.4, -0.2) is 35.0 Å². The Kier molecular flexibility index (Phi) is 2.60. The molecule has 1 saturated heterocycles. The molecule has 1 aromatic rings. The SMILES string of the molecule is O=C(O)C1CN(C(=O)c2cccc(F)c2)C1. The van der Waals surface area contributed by atoms with E-state index in [-0.39, 0.29) is 24.6 Å². The third-order valence-corrected chi connectivity index (χ3v) is 2.59. The number of hydrogen-bond donors (Lipinski definition) is 1. The molecule has 0 bridgehead atoms. The van der Waals surface area contributed by atoms with E-state index < -0.39 is 17.7 Å². The van der Waals surface area contributed by atoms with Crippen molar-refractivity contribution in [1.82, 2.24) is 4.90 Å². The topological polar surface area (TPSA) is 57.6 Å². The van der Waals surface area contributed by atoms with Crippen LogP contribution in [0.1, 0.15) is 10.4 Å². The van der Waals surface area contributed by atoms with E-state index in [1.807, 2.05) is 0 Å². The first-order valence-corrected chi connectivity index (χ1v) is 4.85. The number of carbonyl (C=O) groups excluding carboxylic acids is 1. The summed E-state index contributed by atoms with van der Waals surface area (Å²) < 4.78 is 12.9. The largest absolute Gasteiger partial charge is 0.481 e. The van der Waals surface area contributed by atoms with Crippen LogP contribution in [0.3, 0.4) is 0 Å². The lowest BCUT2D eigenvalue weighted by Crippen LogP contribution is -2.53. The number of nitrogens with zero attached hydrogens (tertiary/aromatic N) is 1. The van der Waals surface area contributed by atoms with Gasteiger partial charge in [-0.05, 0) is 18.2 Å². The molecule has 1 N–H and O–H groups in total. The highest BCUT2D eigenvalue weighted by molar-refractivity contribution is 5.95. The average Bonchev–Trinajstić information content (AvgIpc) is 2.14. The summed E-state index contributed by atoms with van der Waals surface area (Å²) in [6, 6.07) is 5.37. The summed E-state index contributed by atoms with van der Waals surface area (Å²) in [4.78, 5) is 23.7. The molecule has 2 rings (SSSR count). The van der Waals surface area contributed by atoms with Crippen LogP contribution < -0.4 is 0 Å². The fourth-order valence-corrected chi connectivity index (χ4v) is 1.60. The molecule has 1 aliphatic rings. The van der Waals surface area contributed by atoms with E-state index in [1.54, 1.807) is 0 Å².